The number of rotatable bonds is 3. The monoisotopic (exact) mass is 276 g/mol. The first kappa shape index (κ1) is 13.9. The molecule has 0 fully saturated rings. The number of nitrogen functional groups attached to an aromatic ring is 1. The van der Waals surface area contributed by atoms with Gasteiger partial charge in [0.25, 0.3) is 11.2 Å². The van der Waals surface area contributed by atoms with Crippen molar-refractivity contribution in [3.05, 3.63) is 50.4 Å². The van der Waals surface area contributed by atoms with Crippen LogP contribution in [0, 0.1) is 10.1 Å². The molecule has 0 radical (unpaired) electrons. The lowest BCUT2D eigenvalue weighted by Crippen LogP contribution is -2.20. The summed E-state index contributed by atoms with van der Waals surface area (Å²) in [6, 6.07) is 5.91. The Hall–Kier alpha value is -2.57. The summed E-state index contributed by atoms with van der Waals surface area (Å²) in [5.41, 5.74) is 6.73. The molecule has 0 unspecified atom stereocenters. The van der Waals surface area contributed by atoms with Gasteiger partial charge in [-0.3, -0.25) is 19.6 Å². The molecule has 1 aromatic heterocycles. The number of non-ortho nitro benzene ring substituents is 1. The number of nitro benzene ring substituents is 1. The molecular formula is C13H16N4O3. The second-order valence-corrected chi connectivity index (χ2v) is 4.87. The van der Waals surface area contributed by atoms with Gasteiger partial charge in [-0.05, 0) is 12.0 Å². The van der Waals surface area contributed by atoms with Gasteiger partial charge < -0.3 is 5.73 Å². The Kier molecular flexibility index (Phi) is 3.35. The highest BCUT2D eigenvalue weighted by Gasteiger charge is 2.19. The van der Waals surface area contributed by atoms with Gasteiger partial charge in [0.05, 0.1) is 16.3 Å². The molecule has 2 N–H and O–H groups in total. The lowest BCUT2D eigenvalue weighted by molar-refractivity contribution is -0.384. The molecule has 7 nitrogen and oxygen atoms in total. The molecule has 0 aliphatic heterocycles. The van der Waals surface area contributed by atoms with E-state index in [1.807, 2.05) is 13.8 Å². The number of benzene rings is 1. The third-order valence-electron chi connectivity index (χ3n) is 3.18. The second kappa shape index (κ2) is 4.84. The van der Waals surface area contributed by atoms with Gasteiger partial charge in [-0.25, -0.2) is 4.68 Å². The maximum Gasteiger partial charge on any atom is 0.294 e. The summed E-state index contributed by atoms with van der Waals surface area (Å²) >= 11 is 0. The van der Waals surface area contributed by atoms with E-state index in [9.17, 15) is 14.9 Å². The van der Waals surface area contributed by atoms with Crippen LogP contribution in [-0.2, 0) is 7.05 Å². The lowest BCUT2D eigenvalue weighted by Gasteiger charge is -2.11. The van der Waals surface area contributed by atoms with Gasteiger partial charge in [0.15, 0.2) is 0 Å². The summed E-state index contributed by atoms with van der Waals surface area (Å²) in [5.74, 6) is 0.0765. The first-order chi connectivity index (χ1) is 9.34. The molecule has 0 saturated carbocycles. The minimum atomic E-state index is -0.496. The molecule has 2 aromatic rings. The van der Waals surface area contributed by atoms with E-state index in [0.717, 1.165) is 0 Å². The topological polar surface area (TPSA) is 96.1 Å². The fourth-order valence-electron chi connectivity index (χ4n) is 2.36. The van der Waals surface area contributed by atoms with E-state index in [0.29, 0.717) is 11.4 Å². The van der Waals surface area contributed by atoms with Gasteiger partial charge in [0.1, 0.15) is 5.69 Å². The fourth-order valence-corrected chi connectivity index (χ4v) is 2.36. The van der Waals surface area contributed by atoms with Crippen molar-refractivity contribution >= 4 is 11.4 Å². The van der Waals surface area contributed by atoms with Crippen molar-refractivity contribution in [3.8, 4) is 5.69 Å². The van der Waals surface area contributed by atoms with Crippen molar-refractivity contribution < 1.29 is 4.92 Å². The maximum absolute atomic E-state index is 12.2. The zero-order valence-corrected chi connectivity index (χ0v) is 11.5. The second-order valence-electron chi connectivity index (χ2n) is 4.87. The predicted octanol–water partition coefficient (Wildman–Crippen LogP) is 1.79. The Labute approximate surface area is 115 Å². The highest BCUT2D eigenvalue weighted by molar-refractivity contribution is 5.49. The average molecular weight is 276 g/mol. The third-order valence-corrected chi connectivity index (χ3v) is 3.18. The predicted molar refractivity (Wildman–Crippen MR) is 76.2 cm³/mol. The Morgan fingerprint density at radius 3 is 2.50 bits per heavy atom. The van der Waals surface area contributed by atoms with Crippen molar-refractivity contribution in [2.75, 3.05) is 5.73 Å². The SMILES string of the molecule is CC(C)c1c(N)c(=O)n(-c2cccc([N+](=O)[O-])c2)n1C. The van der Waals surface area contributed by atoms with Crippen molar-refractivity contribution in [3.63, 3.8) is 0 Å². The molecule has 0 aliphatic rings. The van der Waals surface area contributed by atoms with Crippen LogP contribution in [0.1, 0.15) is 25.5 Å². The van der Waals surface area contributed by atoms with Crippen LogP contribution in [0.2, 0.25) is 0 Å². The molecular weight excluding hydrogens is 260 g/mol. The lowest BCUT2D eigenvalue weighted by atomic mass is 10.1. The van der Waals surface area contributed by atoms with Gasteiger partial charge >= 0.3 is 0 Å². The van der Waals surface area contributed by atoms with Crippen molar-refractivity contribution in [2.24, 2.45) is 7.05 Å². The summed E-state index contributed by atoms with van der Waals surface area (Å²) in [6.07, 6.45) is 0. The number of nitro groups is 1. The summed E-state index contributed by atoms with van der Waals surface area (Å²) in [4.78, 5) is 22.6. The number of aromatic nitrogens is 2. The molecule has 0 atom stereocenters. The largest absolute Gasteiger partial charge is 0.393 e. The maximum atomic E-state index is 12.2. The Morgan fingerprint density at radius 2 is 2.00 bits per heavy atom. The standard InChI is InChI=1S/C13H16N4O3/c1-8(2)12-11(14)13(18)16(15(12)3)9-5-4-6-10(7-9)17(19)20/h4-8H,14H2,1-3H3. The molecule has 1 heterocycles. The summed E-state index contributed by atoms with van der Waals surface area (Å²) in [7, 11) is 1.71. The van der Waals surface area contributed by atoms with E-state index in [2.05, 4.69) is 0 Å². The van der Waals surface area contributed by atoms with E-state index in [1.54, 1.807) is 17.8 Å². The van der Waals surface area contributed by atoms with E-state index in [1.165, 1.54) is 22.9 Å². The smallest absolute Gasteiger partial charge is 0.294 e. The van der Waals surface area contributed by atoms with E-state index >= 15 is 0 Å². The zero-order chi connectivity index (χ0) is 15.0. The van der Waals surface area contributed by atoms with E-state index < -0.39 is 4.92 Å². The molecule has 20 heavy (non-hydrogen) atoms. The minimum Gasteiger partial charge on any atom is -0.393 e. The Morgan fingerprint density at radius 1 is 1.35 bits per heavy atom. The highest BCUT2D eigenvalue weighted by atomic mass is 16.6. The van der Waals surface area contributed by atoms with E-state index in [-0.39, 0.29) is 22.9 Å². The van der Waals surface area contributed by atoms with E-state index in [4.69, 9.17) is 5.73 Å². The van der Waals surface area contributed by atoms with Crippen molar-refractivity contribution in [1.29, 1.82) is 0 Å². The normalized spacial score (nSPS) is 11.0. The number of hydrogen-bond donors (Lipinski definition) is 1. The molecule has 0 saturated heterocycles. The fraction of sp³-hybridized carbons (Fsp3) is 0.308. The first-order valence-corrected chi connectivity index (χ1v) is 6.16. The zero-order valence-electron chi connectivity index (χ0n) is 11.5. The Bertz CT molecular complexity index is 728. The first-order valence-electron chi connectivity index (χ1n) is 6.16. The van der Waals surface area contributed by atoms with Crippen LogP contribution in [0.25, 0.3) is 5.69 Å². The average Bonchev–Trinajstić information content (AvgIpc) is 2.60. The summed E-state index contributed by atoms with van der Waals surface area (Å²) in [6.45, 7) is 3.87. The molecule has 7 heteroatoms. The summed E-state index contributed by atoms with van der Waals surface area (Å²) in [5, 5.41) is 10.8. The molecule has 0 spiro atoms. The van der Waals surface area contributed by atoms with Crippen molar-refractivity contribution in [1.82, 2.24) is 9.36 Å². The van der Waals surface area contributed by atoms with Crippen molar-refractivity contribution in [2.45, 2.75) is 19.8 Å². The molecule has 0 aliphatic carbocycles. The van der Waals surface area contributed by atoms with Crippen LogP contribution in [0.5, 0.6) is 0 Å². The van der Waals surface area contributed by atoms with Gasteiger partial charge in [-0.2, -0.15) is 0 Å². The van der Waals surface area contributed by atoms with Gasteiger partial charge in [-0.1, -0.05) is 19.9 Å². The molecule has 0 bridgehead atoms. The van der Waals surface area contributed by atoms with Gasteiger partial charge in [0, 0.05) is 19.2 Å². The molecule has 1 aromatic carbocycles. The number of hydrogen-bond acceptors (Lipinski definition) is 4. The van der Waals surface area contributed by atoms with Crippen LogP contribution in [0.15, 0.2) is 29.1 Å². The minimum absolute atomic E-state index is 0.0692. The number of anilines is 1. The van der Waals surface area contributed by atoms with Crippen LogP contribution < -0.4 is 11.3 Å². The number of nitrogens with two attached hydrogens (primary N) is 1. The molecule has 0 amide bonds. The van der Waals surface area contributed by atoms with Crippen LogP contribution in [0.3, 0.4) is 0 Å². The third kappa shape index (κ3) is 2.07. The van der Waals surface area contributed by atoms with Crippen LogP contribution >= 0.6 is 0 Å². The van der Waals surface area contributed by atoms with Crippen LogP contribution in [-0.4, -0.2) is 14.3 Å². The van der Waals surface area contributed by atoms with Gasteiger partial charge in [0.2, 0.25) is 0 Å². The summed E-state index contributed by atoms with van der Waals surface area (Å²) < 4.78 is 2.99. The highest BCUT2D eigenvalue weighted by Crippen LogP contribution is 2.22. The number of nitrogens with zero attached hydrogens (tertiary/aromatic N) is 3. The quantitative estimate of drug-likeness (QED) is 0.682. The Balaban J connectivity index is 2.71. The van der Waals surface area contributed by atoms with Gasteiger partial charge in [-0.15, -0.1) is 0 Å². The molecule has 106 valence electrons. The van der Waals surface area contributed by atoms with Crippen LogP contribution in [0.4, 0.5) is 11.4 Å². The molecule has 2 rings (SSSR count).